The van der Waals surface area contributed by atoms with Gasteiger partial charge in [-0.3, -0.25) is 4.98 Å². The summed E-state index contributed by atoms with van der Waals surface area (Å²) in [6, 6.07) is 11.9. The van der Waals surface area contributed by atoms with Crippen molar-refractivity contribution >= 4 is 0 Å². The van der Waals surface area contributed by atoms with Crippen molar-refractivity contribution in [2.75, 3.05) is 0 Å². The standard InChI is InChI=1S/C41H72N2/c1-3-5-7-9-11-13-14-15-16-17-18-19-20-21-23-25-30-34-41(43-36-35-42-38-43)40(37-39-31-27-26-28-32-39)33-29-24-22-12-10-8-6-4-2/h26-28,31-32,35-36,38,40-41H,3-25,29-30,33-34,37H2,1-2H3/p+1. The maximum absolute atomic E-state index is 3.35. The molecule has 0 saturated carbocycles. The molecule has 0 spiro atoms. The summed E-state index contributed by atoms with van der Waals surface area (Å²) in [7, 11) is 0. The summed E-state index contributed by atoms with van der Waals surface area (Å²) in [5.74, 6) is 0.712. The molecule has 0 aliphatic heterocycles. The Bertz CT molecular complexity index is 798. The number of benzene rings is 1. The maximum atomic E-state index is 3.35. The summed E-state index contributed by atoms with van der Waals surface area (Å²) in [5.41, 5.74) is 1.51. The number of imidazole rings is 1. The average Bonchev–Trinajstić information content (AvgIpc) is 3.57. The van der Waals surface area contributed by atoms with E-state index in [2.05, 4.69) is 72.5 Å². The molecule has 246 valence electrons. The van der Waals surface area contributed by atoms with Crippen LogP contribution < -0.4 is 4.57 Å². The lowest BCUT2D eigenvalue weighted by Crippen LogP contribution is -2.42. The van der Waals surface area contributed by atoms with Crippen LogP contribution in [0.15, 0.2) is 49.1 Å². The molecule has 1 heterocycles. The molecule has 0 radical (unpaired) electrons. The number of aromatic amines is 1. The Kier molecular flexibility index (Phi) is 24.4. The van der Waals surface area contributed by atoms with Gasteiger partial charge in [-0.1, -0.05) is 198 Å². The van der Waals surface area contributed by atoms with E-state index in [1.54, 1.807) is 0 Å². The first-order valence-corrected chi connectivity index (χ1v) is 19.4. The quantitative estimate of drug-likeness (QED) is 0.0662. The molecule has 2 unspecified atom stereocenters. The Balaban J connectivity index is 1.64. The Morgan fingerprint density at radius 3 is 1.35 bits per heavy atom. The summed E-state index contributed by atoms with van der Waals surface area (Å²) in [5, 5.41) is 0. The van der Waals surface area contributed by atoms with Crippen LogP contribution in [0.25, 0.3) is 0 Å². The molecule has 2 rings (SSSR count). The lowest BCUT2D eigenvalue weighted by atomic mass is 9.84. The number of H-pyrrole nitrogens is 1. The van der Waals surface area contributed by atoms with Gasteiger partial charge in [-0.2, -0.15) is 0 Å². The minimum atomic E-state index is 0.604. The van der Waals surface area contributed by atoms with Gasteiger partial charge < -0.3 is 0 Å². The summed E-state index contributed by atoms with van der Waals surface area (Å²) in [6.45, 7) is 4.62. The number of nitrogens with one attached hydrogen (secondary N) is 1. The Morgan fingerprint density at radius 2 is 0.930 bits per heavy atom. The molecule has 0 bridgehead atoms. The van der Waals surface area contributed by atoms with Gasteiger partial charge in [0, 0.05) is 5.92 Å². The zero-order valence-corrected chi connectivity index (χ0v) is 29.0. The van der Waals surface area contributed by atoms with Crippen molar-refractivity contribution in [3.8, 4) is 0 Å². The van der Waals surface area contributed by atoms with Gasteiger partial charge in [-0.05, 0) is 31.2 Å². The third kappa shape index (κ3) is 20.2. The fraction of sp³-hybridized carbons (Fsp3) is 0.780. The van der Waals surface area contributed by atoms with Gasteiger partial charge in [-0.25, -0.2) is 4.57 Å². The number of aromatic nitrogens is 2. The maximum Gasteiger partial charge on any atom is 0.241 e. The number of unbranched alkanes of at least 4 members (excludes halogenated alkanes) is 23. The Morgan fingerprint density at radius 1 is 0.512 bits per heavy atom. The third-order valence-electron chi connectivity index (χ3n) is 9.87. The van der Waals surface area contributed by atoms with Gasteiger partial charge in [-0.15, -0.1) is 0 Å². The van der Waals surface area contributed by atoms with E-state index in [9.17, 15) is 0 Å². The summed E-state index contributed by atoms with van der Waals surface area (Å²) in [4.78, 5) is 3.35. The van der Waals surface area contributed by atoms with E-state index in [0.717, 1.165) is 0 Å². The molecule has 2 heteroatoms. The van der Waals surface area contributed by atoms with Crippen LogP contribution in [0.1, 0.15) is 199 Å². The van der Waals surface area contributed by atoms with Crippen LogP contribution in [-0.4, -0.2) is 4.98 Å². The van der Waals surface area contributed by atoms with Crippen LogP contribution in [-0.2, 0) is 6.42 Å². The van der Waals surface area contributed by atoms with Crippen LogP contribution in [0.4, 0.5) is 0 Å². The van der Waals surface area contributed by atoms with E-state index in [-0.39, 0.29) is 0 Å². The number of rotatable bonds is 31. The highest BCUT2D eigenvalue weighted by Crippen LogP contribution is 2.29. The summed E-state index contributed by atoms with van der Waals surface area (Å²) < 4.78 is 2.50. The van der Waals surface area contributed by atoms with Crippen LogP contribution in [0.5, 0.6) is 0 Å². The fourth-order valence-electron chi connectivity index (χ4n) is 7.10. The zero-order chi connectivity index (χ0) is 30.5. The minimum Gasteiger partial charge on any atom is -0.250 e. The monoisotopic (exact) mass is 594 g/mol. The molecular weight excluding hydrogens is 520 g/mol. The lowest BCUT2D eigenvalue weighted by molar-refractivity contribution is -0.730. The molecule has 2 nitrogen and oxygen atoms in total. The molecule has 1 aromatic heterocycles. The molecule has 0 amide bonds. The lowest BCUT2D eigenvalue weighted by Gasteiger charge is -2.25. The largest absolute Gasteiger partial charge is 0.250 e. The van der Waals surface area contributed by atoms with Crippen molar-refractivity contribution in [1.29, 1.82) is 0 Å². The molecule has 2 atom stereocenters. The van der Waals surface area contributed by atoms with E-state index >= 15 is 0 Å². The molecule has 0 aliphatic rings. The van der Waals surface area contributed by atoms with Gasteiger partial charge in [0.1, 0.15) is 18.4 Å². The average molecular weight is 594 g/mol. The molecular formula is C41H73N2+. The van der Waals surface area contributed by atoms with Gasteiger partial charge in [0.25, 0.3) is 0 Å². The van der Waals surface area contributed by atoms with Crippen LogP contribution in [0.2, 0.25) is 0 Å². The number of nitrogens with zero attached hydrogens (tertiary/aromatic N) is 1. The smallest absolute Gasteiger partial charge is 0.241 e. The summed E-state index contributed by atoms with van der Waals surface area (Å²) >= 11 is 0. The van der Waals surface area contributed by atoms with Crippen molar-refractivity contribution < 1.29 is 4.57 Å². The van der Waals surface area contributed by atoms with Crippen molar-refractivity contribution in [2.45, 2.75) is 200 Å². The van der Waals surface area contributed by atoms with Gasteiger partial charge in [0.05, 0.1) is 0 Å². The first kappa shape index (κ1) is 37.6. The second kappa shape index (κ2) is 27.9. The number of hydrogen-bond donors (Lipinski definition) is 1. The van der Waals surface area contributed by atoms with Crippen molar-refractivity contribution in [1.82, 2.24) is 4.98 Å². The third-order valence-corrected chi connectivity index (χ3v) is 9.87. The topological polar surface area (TPSA) is 19.7 Å². The van der Waals surface area contributed by atoms with Crippen molar-refractivity contribution in [3.05, 3.63) is 54.6 Å². The first-order chi connectivity index (χ1) is 21.3. The Labute approximate surface area is 269 Å². The Hall–Kier alpha value is -1.57. The van der Waals surface area contributed by atoms with Gasteiger partial charge in [0.15, 0.2) is 0 Å². The van der Waals surface area contributed by atoms with Crippen molar-refractivity contribution in [3.63, 3.8) is 0 Å². The van der Waals surface area contributed by atoms with Crippen LogP contribution in [0.3, 0.4) is 0 Å². The predicted molar refractivity (Wildman–Crippen MR) is 190 cm³/mol. The van der Waals surface area contributed by atoms with Crippen LogP contribution in [0, 0.1) is 5.92 Å². The molecule has 43 heavy (non-hydrogen) atoms. The highest BCUT2D eigenvalue weighted by atomic mass is 15.1. The van der Waals surface area contributed by atoms with Gasteiger partial charge in [0.2, 0.25) is 6.33 Å². The van der Waals surface area contributed by atoms with E-state index in [4.69, 9.17) is 0 Å². The fourth-order valence-corrected chi connectivity index (χ4v) is 7.10. The van der Waals surface area contributed by atoms with E-state index in [0.29, 0.717) is 12.0 Å². The highest BCUT2D eigenvalue weighted by Gasteiger charge is 2.26. The van der Waals surface area contributed by atoms with E-state index < -0.39 is 0 Å². The highest BCUT2D eigenvalue weighted by molar-refractivity contribution is 5.15. The minimum absolute atomic E-state index is 0.604. The molecule has 1 aromatic carbocycles. The van der Waals surface area contributed by atoms with Gasteiger partial charge >= 0.3 is 0 Å². The van der Waals surface area contributed by atoms with Crippen LogP contribution >= 0.6 is 0 Å². The molecule has 1 N–H and O–H groups in total. The van der Waals surface area contributed by atoms with E-state index in [1.807, 2.05) is 0 Å². The first-order valence-electron chi connectivity index (χ1n) is 19.4. The number of hydrogen-bond acceptors (Lipinski definition) is 0. The second-order valence-corrected chi connectivity index (χ2v) is 13.8. The molecule has 0 saturated heterocycles. The zero-order valence-electron chi connectivity index (χ0n) is 29.0. The SMILES string of the molecule is CCCCCCCCCCCCCCCCCCCC(C(CCCCCCCCCC)Cc1ccccc1)[n+]1cc[nH]c1. The predicted octanol–water partition coefficient (Wildman–Crippen LogP) is 13.3. The van der Waals surface area contributed by atoms with E-state index in [1.165, 1.54) is 185 Å². The van der Waals surface area contributed by atoms with Crippen molar-refractivity contribution in [2.24, 2.45) is 5.92 Å². The molecule has 0 aliphatic carbocycles. The second-order valence-electron chi connectivity index (χ2n) is 13.8. The summed E-state index contributed by atoms with van der Waals surface area (Å²) in [6.07, 6.45) is 46.2. The molecule has 0 fully saturated rings. The molecule has 2 aromatic rings. The normalized spacial score (nSPS) is 13.0.